The van der Waals surface area contributed by atoms with Crippen molar-refractivity contribution in [3.8, 4) is 11.5 Å². The Kier molecular flexibility index (Phi) is 8.33. The van der Waals surface area contributed by atoms with Gasteiger partial charge in [0.15, 0.2) is 0 Å². The molecule has 37 heavy (non-hydrogen) atoms. The number of fused-ring (bicyclic) bond motifs is 3. The first kappa shape index (κ1) is 27.3. The van der Waals surface area contributed by atoms with Crippen molar-refractivity contribution < 1.29 is 9.47 Å². The molecule has 0 aliphatic carbocycles. The third-order valence-corrected chi connectivity index (χ3v) is 7.95. The lowest BCUT2D eigenvalue weighted by molar-refractivity contribution is 0.283. The molecule has 1 aromatic heterocycles. The topological polar surface area (TPSA) is 18.5 Å². The second-order valence-corrected chi connectivity index (χ2v) is 13.0. The Morgan fingerprint density at radius 1 is 0.784 bits per heavy atom. The first-order chi connectivity index (χ1) is 17.5. The monoisotopic (exact) mass is 514 g/mol. The van der Waals surface area contributed by atoms with Gasteiger partial charge >= 0.3 is 0 Å². The van der Waals surface area contributed by atoms with Crippen LogP contribution in [-0.2, 0) is 5.41 Å². The van der Waals surface area contributed by atoms with Crippen LogP contribution in [0.3, 0.4) is 0 Å². The summed E-state index contributed by atoms with van der Waals surface area (Å²) < 4.78 is 15.4. The van der Waals surface area contributed by atoms with Crippen molar-refractivity contribution >= 4 is 37.1 Å². The second-order valence-electron chi connectivity index (χ2n) is 11.9. The molecule has 1 heterocycles. The van der Waals surface area contributed by atoms with Crippen LogP contribution in [0.5, 0.6) is 11.5 Å². The standard InChI is InChI=1S/C34H42O2S/c1-22(2)14-16-35-30-18-27-28-19-31(36-17-15-23(3)4)29(34(6,7)8)21-33(28)37-32(27)20-26(30)24(5)25-12-10-9-11-13-25/h9-13,18-23H,5,14-17H2,1-4,6-8H3. The van der Waals surface area contributed by atoms with Crippen LogP contribution in [0.25, 0.3) is 25.7 Å². The summed E-state index contributed by atoms with van der Waals surface area (Å²) >= 11 is 1.84. The van der Waals surface area contributed by atoms with E-state index in [0.29, 0.717) is 18.4 Å². The summed E-state index contributed by atoms with van der Waals surface area (Å²) in [6, 6.07) is 19.5. The van der Waals surface area contributed by atoms with Crippen LogP contribution in [0, 0.1) is 11.8 Å². The summed E-state index contributed by atoms with van der Waals surface area (Å²) in [5.74, 6) is 3.11. The maximum atomic E-state index is 6.43. The third-order valence-electron chi connectivity index (χ3n) is 6.83. The van der Waals surface area contributed by atoms with Gasteiger partial charge in [0.05, 0.1) is 13.2 Å². The fraction of sp³-hybridized carbons (Fsp3) is 0.412. The molecule has 0 saturated heterocycles. The molecule has 0 spiro atoms. The Labute approximate surface area is 227 Å². The van der Waals surface area contributed by atoms with Gasteiger partial charge in [-0.1, -0.05) is 85.4 Å². The number of ether oxygens (including phenoxy) is 2. The fourth-order valence-electron chi connectivity index (χ4n) is 4.49. The summed E-state index contributed by atoms with van der Waals surface area (Å²) in [4.78, 5) is 0. The van der Waals surface area contributed by atoms with Crippen LogP contribution >= 0.6 is 11.3 Å². The lowest BCUT2D eigenvalue weighted by Crippen LogP contribution is -2.14. The van der Waals surface area contributed by atoms with Crippen molar-refractivity contribution in [1.29, 1.82) is 0 Å². The number of thiophene rings is 1. The Bertz CT molecular complexity index is 1370. The summed E-state index contributed by atoms with van der Waals surface area (Å²) in [5, 5.41) is 2.46. The zero-order chi connectivity index (χ0) is 26.7. The number of hydrogen-bond donors (Lipinski definition) is 0. The quantitative estimate of drug-likeness (QED) is 0.209. The molecule has 3 heteroatoms. The van der Waals surface area contributed by atoms with E-state index in [4.69, 9.17) is 9.47 Å². The van der Waals surface area contributed by atoms with Crippen LogP contribution in [0.2, 0.25) is 0 Å². The van der Waals surface area contributed by atoms with Crippen LogP contribution in [-0.4, -0.2) is 13.2 Å². The zero-order valence-corrected chi connectivity index (χ0v) is 24.4. The number of rotatable bonds is 10. The van der Waals surface area contributed by atoms with E-state index in [1.807, 2.05) is 17.4 Å². The molecule has 4 aromatic rings. The number of hydrogen-bond acceptors (Lipinski definition) is 3. The molecule has 3 aromatic carbocycles. The molecule has 0 fully saturated rings. The molecule has 0 bridgehead atoms. The van der Waals surface area contributed by atoms with Gasteiger partial charge in [-0.2, -0.15) is 0 Å². The normalized spacial score (nSPS) is 12.1. The van der Waals surface area contributed by atoms with Gasteiger partial charge in [-0.15, -0.1) is 11.3 Å². The van der Waals surface area contributed by atoms with Gasteiger partial charge in [0.1, 0.15) is 11.5 Å². The van der Waals surface area contributed by atoms with E-state index >= 15 is 0 Å². The van der Waals surface area contributed by atoms with Crippen molar-refractivity contribution in [2.75, 3.05) is 13.2 Å². The molecule has 196 valence electrons. The predicted octanol–water partition coefficient (Wildman–Crippen LogP) is 10.3. The summed E-state index contributed by atoms with van der Waals surface area (Å²) in [7, 11) is 0. The SMILES string of the molecule is C=C(c1ccccc1)c1cc2sc3cc(C(C)(C)C)c(OCCC(C)C)cc3c2cc1OCCC(C)C. The molecule has 0 saturated carbocycles. The van der Waals surface area contributed by atoms with Crippen LogP contribution < -0.4 is 9.47 Å². The van der Waals surface area contributed by atoms with Gasteiger partial charge < -0.3 is 9.47 Å². The Morgan fingerprint density at radius 2 is 1.32 bits per heavy atom. The minimum absolute atomic E-state index is 0.00456. The third kappa shape index (κ3) is 6.38. The highest BCUT2D eigenvalue weighted by molar-refractivity contribution is 7.25. The molecule has 4 rings (SSSR count). The first-order valence-electron chi connectivity index (χ1n) is 13.6. The van der Waals surface area contributed by atoms with Crippen molar-refractivity contribution in [3.63, 3.8) is 0 Å². The van der Waals surface area contributed by atoms with Gasteiger partial charge in [-0.05, 0) is 65.5 Å². The Morgan fingerprint density at radius 3 is 1.89 bits per heavy atom. The highest BCUT2D eigenvalue weighted by Crippen LogP contribution is 2.44. The molecular weight excluding hydrogens is 472 g/mol. The van der Waals surface area contributed by atoms with Crippen LogP contribution in [0.4, 0.5) is 0 Å². The minimum Gasteiger partial charge on any atom is -0.493 e. The average Bonchev–Trinajstić information content (AvgIpc) is 3.18. The fourth-order valence-corrected chi connectivity index (χ4v) is 5.64. The highest BCUT2D eigenvalue weighted by atomic mass is 32.1. The molecular formula is C34H42O2S. The van der Waals surface area contributed by atoms with E-state index < -0.39 is 0 Å². The van der Waals surface area contributed by atoms with E-state index in [2.05, 4.69) is 104 Å². The van der Waals surface area contributed by atoms with Gasteiger partial charge in [-0.25, -0.2) is 0 Å². The van der Waals surface area contributed by atoms with E-state index in [1.165, 1.54) is 25.7 Å². The zero-order valence-electron chi connectivity index (χ0n) is 23.6. The van der Waals surface area contributed by atoms with Crippen LogP contribution in [0.15, 0.2) is 61.2 Å². The molecule has 0 aliphatic heterocycles. The Hall–Kier alpha value is -2.78. The van der Waals surface area contributed by atoms with Gasteiger partial charge in [0.25, 0.3) is 0 Å². The summed E-state index contributed by atoms with van der Waals surface area (Å²) in [6.45, 7) is 21.6. The molecule has 0 radical (unpaired) electrons. The summed E-state index contributed by atoms with van der Waals surface area (Å²) in [5.41, 5.74) is 4.44. The Balaban J connectivity index is 1.85. The largest absolute Gasteiger partial charge is 0.493 e. The molecule has 2 nitrogen and oxygen atoms in total. The summed E-state index contributed by atoms with van der Waals surface area (Å²) in [6.07, 6.45) is 2.06. The molecule has 0 unspecified atom stereocenters. The first-order valence-corrected chi connectivity index (χ1v) is 14.4. The van der Waals surface area contributed by atoms with Crippen molar-refractivity contribution in [1.82, 2.24) is 0 Å². The van der Waals surface area contributed by atoms with E-state index in [1.54, 1.807) is 0 Å². The molecule has 0 N–H and O–H groups in total. The lowest BCUT2D eigenvalue weighted by Gasteiger charge is -2.23. The van der Waals surface area contributed by atoms with Crippen molar-refractivity contribution in [2.24, 2.45) is 11.8 Å². The second kappa shape index (κ2) is 11.3. The molecule has 0 aliphatic rings. The van der Waals surface area contributed by atoms with Gasteiger partial charge in [0, 0.05) is 31.3 Å². The maximum absolute atomic E-state index is 6.43. The number of benzene rings is 3. The average molecular weight is 515 g/mol. The minimum atomic E-state index is -0.00456. The lowest BCUT2D eigenvalue weighted by atomic mass is 9.86. The van der Waals surface area contributed by atoms with Crippen LogP contribution in [0.1, 0.15) is 78.0 Å². The van der Waals surface area contributed by atoms with E-state index in [0.717, 1.165) is 47.6 Å². The van der Waals surface area contributed by atoms with Crippen molar-refractivity contribution in [3.05, 3.63) is 77.9 Å². The molecule has 0 atom stereocenters. The highest BCUT2D eigenvalue weighted by Gasteiger charge is 2.22. The van der Waals surface area contributed by atoms with Crippen molar-refractivity contribution in [2.45, 2.75) is 66.7 Å². The van der Waals surface area contributed by atoms with Gasteiger partial charge in [0.2, 0.25) is 0 Å². The van der Waals surface area contributed by atoms with E-state index in [9.17, 15) is 0 Å². The smallest absolute Gasteiger partial charge is 0.127 e. The van der Waals surface area contributed by atoms with Gasteiger partial charge in [-0.3, -0.25) is 0 Å². The molecule has 0 amide bonds. The predicted molar refractivity (Wildman–Crippen MR) is 163 cm³/mol. The maximum Gasteiger partial charge on any atom is 0.127 e. The van der Waals surface area contributed by atoms with E-state index in [-0.39, 0.29) is 5.41 Å².